The van der Waals surface area contributed by atoms with Crippen LogP contribution in [0, 0.1) is 0 Å². The van der Waals surface area contributed by atoms with E-state index in [0.717, 1.165) is 24.5 Å². The predicted molar refractivity (Wildman–Crippen MR) is 67.7 cm³/mol. The van der Waals surface area contributed by atoms with E-state index in [1.165, 1.54) is 5.56 Å². The third kappa shape index (κ3) is 2.26. The number of anilines is 1. The van der Waals surface area contributed by atoms with Crippen LogP contribution in [0.1, 0.15) is 18.0 Å². The van der Waals surface area contributed by atoms with Gasteiger partial charge in [0.1, 0.15) is 5.75 Å². The quantitative estimate of drug-likeness (QED) is 0.797. The average molecular weight is 273 g/mol. The molecule has 0 spiro atoms. The van der Waals surface area contributed by atoms with Crippen molar-refractivity contribution in [2.75, 3.05) is 26.4 Å². The van der Waals surface area contributed by atoms with Gasteiger partial charge in [-0.25, -0.2) is 0 Å². The zero-order valence-corrected chi connectivity index (χ0v) is 10.8. The first-order chi connectivity index (χ1) is 6.70. The van der Waals surface area contributed by atoms with Gasteiger partial charge in [0.2, 0.25) is 0 Å². The molecule has 1 unspecified atom stereocenters. The molecule has 1 aromatic carbocycles. The molecule has 84 valence electrons. The topological polar surface area (TPSA) is 38.5 Å². The van der Waals surface area contributed by atoms with E-state index in [2.05, 4.69) is 25.1 Å². The molecule has 1 heterocycles. The van der Waals surface area contributed by atoms with Crippen molar-refractivity contribution in [3.63, 3.8) is 0 Å². The van der Waals surface area contributed by atoms with Crippen molar-refractivity contribution in [1.29, 1.82) is 0 Å². The number of halogens is 1. The zero-order valence-electron chi connectivity index (χ0n) is 9.06. The lowest BCUT2D eigenvalue weighted by molar-refractivity contribution is 0.190. The molecule has 15 heavy (non-hydrogen) atoms. The number of nitrogens with two attached hydrogens (primary N) is 1. The second-order valence-corrected chi connectivity index (χ2v) is 3.88. The molecule has 0 fully saturated rings. The number of hydrogen-bond donors (Lipinski definition) is 1. The highest BCUT2D eigenvalue weighted by Gasteiger charge is 2.24. The second kappa shape index (κ2) is 4.86. The Labute approximate surface area is 101 Å². The van der Waals surface area contributed by atoms with E-state index in [4.69, 9.17) is 10.5 Å². The van der Waals surface area contributed by atoms with Crippen LogP contribution in [-0.2, 0) is 0 Å². The summed E-state index contributed by atoms with van der Waals surface area (Å²) in [5, 5.41) is 0. The fraction of sp³-hybridized carbons (Fsp3) is 0.455. The lowest BCUT2D eigenvalue weighted by Gasteiger charge is -2.31. The van der Waals surface area contributed by atoms with Crippen LogP contribution >= 0.6 is 17.0 Å². The van der Waals surface area contributed by atoms with E-state index >= 15 is 0 Å². The van der Waals surface area contributed by atoms with E-state index in [0.29, 0.717) is 6.04 Å². The van der Waals surface area contributed by atoms with Gasteiger partial charge in [0, 0.05) is 18.0 Å². The van der Waals surface area contributed by atoms with E-state index in [-0.39, 0.29) is 17.0 Å². The lowest BCUT2D eigenvalue weighted by atomic mass is 9.99. The number of hydrogen-bond acceptors (Lipinski definition) is 3. The normalized spacial score (nSPS) is 19.0. The number of nitrogen functional groups attached to an aromatic ring is 1. The predicted octanol–water partition coefficient (Wildman–Crippen LogP) is 2.23. The molecule has 1 atom stereocenters. The van der Waals surface area contributed by atoms with Crippen LogP contribution < -0.4 is 10.5 Å². The molecule has 0 saturated heterocycles. The van der Waals surface area contributed by atoms with Crippen LogP contribution in [0.3, 0.4) is 0 Å². The fourth-order valence-electron chi connectivity index (χ4n) is 1.97. The van der Waals surface area contributed by atoms with Crippen molar-refractivity contribution in [2.24, 2.45) is 0 Å². The maximum Gasteiger partial charge on any atom is 0.146 e. The number of benzene rings is 1. The number of nitrogens with zero attached hydrogens (tertiary/aromatic N) is 1. The van der Waals surface area contributed by atoms with Gasteiger partial charge in [0.25, 0.3) is 0 Å². The van der Waals surface area contributed by atoms with Crippen LogP contribution in [0.2, 0.25) is 0 Å². The highest BCUT2D eigenvalue weighted by Crippen LogP contribution is 2.38. The molecular weight excluding hydrogens is 256 g/mol. The highest BCUT2D eigenvalue weighted by molar-refractivity contribution is 8.93. The number of ether oxygens (including phenoxy) is 1. The molecule has 2 N–H and O–H groups in total. The van der Waals surface area contributed by atoms with Crippen molar-refractivity contribution in [3.8, 4) is 5.75 Å². The van der Waals surface area contributed by atoms with Gasteiger partial charge in [-0.3, -0.25) is 0 Å². The summed E-state index contributed by atoms with van der Waals surface area (Å²) in [5.74, 6) is 0.873. The van der Waals surface area contributed by atoms with Crippen LogP contribution in [0.5, 0.6) is 5.75 Å². The summed E-state index contributed by atoms with van der Waals surface area (Å²) in [6.07, 6.45) is 1.03. The smallest absolute Gasteiger partial charge is 0.146 e. The maximum absolute atomic E-state index is 5.86. The summed E-state index contributed by atoms with van der Waals surface area (Å²) >= 11 is 0. The molecule has 0 aromatic heterocycles. The van der Waals surface area contributed by atoms with Crippen molar-refractivity contribution in [2.45, 2.75) is 12.5 Å². The minimum atomic E-state index is 0. The van der Waals surface area contributed by atoms with Crippen LogP contribution in [0.4, 0.5) is 5.69 Å². The Morgan fingerprint density at radius 1 is 1.40 bits per heavy atom. The molecule has 1 aliphatic heterocycles. The standard InChI is InChI=1S/C11H16N2O.BrH/c1-13(2)10-6-7-14-11-8(10)4-3-5-9(11)12;/h3-5,10H,6-7,12H2,1-2H3;1H. The SMILES string of the molecule is Br.CN(C)C1CCOc2c(N)cccc21. The van der Waals surface area contributed by atoms with Crippen molar-refractivity contribution >= 4 is 22.7 Å². The molecule has 2 rings (SSSR count). The van der Waals surface area contributed by atoms with E-state index in [1.807, 2.05) is 12.1 Å². The van der Waals surface area contributed by atoms with Gasteiger partial charge in [0.15, 0.2) is 0 Å². The minimum absolute atomic E-state index is 0. The summed E-state index contributed by atoms with van der Waals surface area (Å²) in [6.45, 7) is 0.754. The van der Waals surface area contributed by atoms with E-state index in [1.54, 1.807) is 0 Å². The Kier molecular flexibility index (Phi) is 3.99. The van der Waals surface area contributed by atoms with Gasteiger partial charge in [-0.1, -0.05) is 12.1 Å². The monoisotopic (exact) mass is 272 g/mol. The zero-order chi connectivity index (χ0) is 10.1. The van der Waals surface area contributed by atoms with Crippen molar-refractivity contribution in [1.82, 2.24) is 4.90 Å². The Balaban J connectivity index is 0.00000112. The summed E-state index contributed by atoms with van der Waals surface area (Å²) in [7, 11) is 4.17. The first kappa shape index (κ1) is 12.3. The van der Waals surface area contributed by atoms with Gasteiger partial charge < -0.3 is 15.4 Å². The minimum Gasteiger partial charge on any atom is -0.491 e. The van der Waals surface area contributed by atoms with E-state index in [9.17, 15) is 0 Å². The third-order valence-corrected chi connectivity index (χ3v) is 2.70. The van der Waals surface area contributed by atoms with Crippen LogP contribution in [0.15, 0.2) is 18.2 Å². The second-order valence-electron chi connectivity index (χ2n) is 3.88. The maximum atomic E-state index is 5.86. The Morgan fingerprint density at radius 3 is 2.80 bits per heavy atom. The third-order valence-electron chi connectivity index (χ3n) is 2.70. The van der Waals surface area contributed by atoms with Gasteiger partial charge in [-0.05, 0) is 20.2 Å². The Bertz CT molecular complexity index is 341. The number of rotatable bonds is 1. The number of fused-ring (bicyclic) bond motifs is 1. The molecule has 0 radical (unpaired) electrons. The summed E-state index contributed by atoms with van der Waals surface area (Å²) < 4.78 is 5.58. The molecule has 0 saturated carbocycles. The molecule has 0 amide bonds. The van der Waals surface area contributed by atoms with Gasteiger partial charge in [0.05, 0.1) is 12.3 Å². The van der Waals surface area contributed by atoms with Crippen LogP contribution in [0.25, 0.3) is 0 Å². The molecule has 1 aromatic rings. The lowest BCUT2D eigenvalue weighted by Crippen LogP contribution is -2.26. The summed E-state index contributed by atoms with van der Waals surface area (Å²) in [6, 6.07) is 6.40. The molecule has 4 heteroatoms. The first-order valence-corrected chi connectivity index (χ1v) is 4.88. The van der Waals surface area contributed by atoms with Gasteiger partial charge in [-0.15, -0.1) is 17.0 Å². The molecule has 0 aliphatic carbocycles. The van der Waals surface area contributed by atoms with Gasteiger partial charge in [-0.2, -0.15) is 0 Å². The van der Waals surface area contributed by atoms with Crippen molar-refractivity contribution in [3.05, 3.63) is 23.8 Å². The van der Waals surface area contributed by atoms with Crippen LogP contribution in [-0.4, -0.2) is 25.6 Å². The molecule has 1 aliphatic rings. The fourth-order valence-corrected chi connectivity index (χ4v) is 1.97. The van der Waals surface area contributed by atoms with Crippen molar-refractivity contribution < 1.29 is 4.74 Å². The molecule has 0 bridgehead atoms. The summed E-state index contributed by atoms with van der Waals surface area (Å²) in [5.41, 5.74) is 7.81. The Morgan fingerprint density at radius 2 is 2.13 bits per heavy atom. The first-order valence-electron chi connectivity index (χ1n) is 4.88. The van der Waals surface area contributed by atoms with E-state index < -0.39 is 0 Å². The Hall–Kier alpha value is -0.740. The highest BCUT2D eigenvalue weighted by atomic mass is 79.9. The molecule has 3 nitrogen and oxygen atoms in total. The summed E-state index contributed by atoms with van der Waals surface area (Å²) in [4.78, 5) is 2.21. The average Bonchev–Trinajstić information content (AvgIpc) is 2.17. The number of para-hydroxylation sites is 1. The molecular formula is C11H17BrN2O. The van der Waals surface area contributed by atoms with Gasteiger partial charge >= 0.3 is 0 Å². The largest absolute Gasteiger partial charge is 0.491 e.